The summed E-state index contributed by atoms with van der Waals surface area (Å²) in [5.74, 6) is -0.279. The van der Waals surface area contributed by atoms with Crippen LogP contribution in [0, 0.1) is 12.1 Å². The molecule has 0 fully saturated rings. The van der Waals surface area contributed by atoms with E-state index in [1.54, 1.807) is 18.2 Å². The fraction of sp³-hybridized carbons (Fsp3) is 0.182. The third-order valence-corrected chi connectivity index (χ3v) is 3.74. The van der Waals surface area contributed by atoms with Crippen molar-refractivity contribution in [2.75, 3.05) is 0 Å². The summed E-state index contributed by atoms with van der Waals surface area (Å²) in [5, 5.41) is 14.1. The molecule has 0 spiro atoms. The standard InChI is InChI=1S/C11H10BrN3O2S/c1-7-9(14-11(12)18-7)10(16)13-6-8-4-2-3-5-15(8)17/h2-5H,6H2,1H3,(H,13,16). The summed E-state index contributed by atoms with van der Waals surface area (Å²) < 4.78 is 1.40. The minimum atomic E-state index is -0.279. The molecule has 0 saturated heterocycles. The molecule has 0 aliphatic carbocycles. The van der Waals surface area contributed by atoms with Gasteiger partial charge in [-0.15, -0.1) is 11.3 Å². The molecule has 0 saturated carbocycles. The summed E-state index contributed by atoms with van der Waals surface area (Å²) in [6.45, 7) is 2.01. The number of halogens is 1. The normalized spacial score (nSPS) is 10.3. The van der Waals surface area contributed by atoms with Crippen molar-refractivity contribution in [1.82, 2.24) is 10.3 Å². The molecule has 0 unspecified atom stereocenters. The Bertz CT molecular complexity index is 585. The highest BCUT2D eigenvalue weighted by Gasteiger charge is 2.15. The highest BCUT2D eigenvalue weighted by molar-refractivity contribution is 9.11. The van der Waals surface area contributed by atoms with Gasteiger partial charge >= 0.3 is 0 Å². The molecule has 94 valence electrons. The van der Waals surface area contributed by atoms with E-state index in [0.717, 1.165) is 9.61 Å². The average molecular weight is 328 g/mol. The molecular formula is C11H10BrN3O2S. The molecule has 0 bridgehead atoms. The summed E-state index contributed by atoms with van der Waals surface area (Å²) in [6, 6.07) is 5.05. The largest absolute Gasteiger partial charge is 0.618 e. The van der Waals surface area contributed by atoms with Crippen molar-refractivity contribution in [2.45, 2.75) is 13.5 Å². The Kier molecular flexibility index (Phi) is 3.93. The Morgan fingerprint density at radius 3 is 3.00 bits per heavy atom. The van der Waals surface area contributed by atoms with E-state index < -0.39 is 0 Å². The molecule has 2 rings (SSSR count). The zero-order valence-electron chi connectivity index (χ0n) is 9.51. The lowest BCUT2D eigenvalue weighted by Gasteiger charge is -2.05. The van der Waals surface area contributed by atoms with Crippen molar-refractivity contribution in [1.29, 1.82) is 0 Å². The van der Waals surface area contributed by atoms with E-state index >= 15 is 0 Å². The van der Waals surface area contributed by atoms with E-state index in [2.05, 4.69) is 26.2 Å². The van der Waals surface area contributed by atoms with Crippen LogP contribution in [0.3, 0.4) is 0 Å². The number of amides is 1. The van der Waals surface area contributed by atoms with E-state index in [0.29, 0.717) is 15.3 Å². The number of rotatable bonds is 3. The maximum Gasteiger partial charge on any atom is 0.271 e. The van der Waals surface area contributed by atoms with Gasteiger partial charge in [-0.25, -0.2) is 4.98 Å². The zero-order chi connectivity index (χ0) is 13.1. The first-order valence-electron chi connectivity index (χ1n) is 5.16. The molecule has 5 nitrogen and oxygen atoms in total. The van der Waals surface area contributed by atoms with Crippen molar-refractivity contribution >= 4 is 33.2 Å². The SMILES string of the molecule is Cc1sc(Br)nc1C(=O)NCc1cccc[n+]1[O-]. The number of nitrogens with zero attached hydrogens (tertiary/aromatic N) is 2. The third kappa shape index (κ3) is 2.85. The molecule has 1 N–H and O–H groups in total. The smallest absolute Gasteiger partial charge is 0.271 e. The number of thiazole rings is 1. The van der Waals surface area contributed by atoms with Gasteiger partial charge in [0.25, 0.3) is 5.91 Å². The van der Waals surface area contributed by atoms with Gasteiger partial charge in [0.1, 0.15) is 12.2 Å². The van der Waals surface area contributed by atoms with Crippen molar-refractivity contribution in [3.05, 3.63) is 49.8 Å². The highest BCUT2D eigenvalue weighted by Crippen LogP contribution is 2.21. The predicted molar refractivity (Wildman–Crippen MR) is 71.1 cm³/mol. The minimum absolute atomic E-state index is 0.178. The summed E-state index contributed by atoms with van der Waals surface area (Å²) in [7, 11) is 0. The summed E-state index contributed by atoms with van der Waals surface area (Å²) in [5.41, 5.74) is 0.873. The summed E-state index contributed by atoms with van der Waals surface area (Å²) >= 11 is 4.63. The third-order valence-electron chi connectivity index (χ3n) is 2.32. The number of hydrogen-bond acceptors (Lipinski definition) is 4. The van der Waals surface area contributed by atoms with Gasteiger partial charge in [-0.1, -0.05) is 0 Å². The Labute approximate surface area is 116 Å². The Balaban J connectivity index is 2.05. The Morgan fingerprint density at radius 1 is 1.61 bits per heavy atom. The summed E-state index contributed by atoms with van der Waals surface area (Å²) in [4.78, 5) is 16.8. The van der Waals surface area contributed by atoms with Crippen LogP contribution in [-0.4, -0.2) is 10.9 Å². The lowest BCUT2D eigenvalue weighted by Crippen LogP contribution is -2.35. The van der Waals surface area contributed by atoms with Crippen molar-refractivity contribution < 1.29 is 9.52 Å². The maximum atomic E-state index is 11.9. The van der Waals surface area contributed by atoms with Gasteiger partial charge in [0.2, 0.25) is 5.69 Å². The number of nitrogens with one attached hydrogen (secondary N) is 1. The van der Waals surface area contributed by atoms with Crippen LogP contribution in [0.15, 0.2) is 28.3 Å². The van der Waals surface area contributed by atoms with E-state index in [9.17, 15) is 10.0 Å². The van der Waals surface area contributed by atoms with Gasteiger partial charge in [-0.3, -0.25) is 4.79 Å². The molecule has 2 heterocycles. The van der Waals surface area contributed by atoms with Gasteiger partial charge in [0.05, 0.1) is 0 Å². The van der Waals surface area contributed by atoms with E-state index in [1.807, 2.05) is 6.92 Å². The van der Waals surface area contributed by atoms with Crippen LogP contribution in [0.5, 0.6) is 0 Å². The molecule has 0 aliphatic heterocycles. The highest BCUT2D eigenvalue weighted by atomic mass is 79.9. The molecule has 2 aromatic rings. The van der Waals surface area contributed by atoms with Crippen LogP contribution in [0.4, 0.5) is 0 Å². The fourth-order valence-corrected chi connectivity index (χ4v) is 2.96. The molecule has 0 atom stereocenters. The van der Waals surface area contributed by atoms with Crippen molar-refractivity contribution in [2.24, 2.45) is 0 Å². The molecular weight excluding hydrogens is 318 g/mol. The lowest BCUT2D eigenvalue weighted by atomic mass is 10.3. The Hall–Kier alpha value is -1.47. The second-order valence-corrected chi connectivity index (χ2v) is 6.05. The minimum Gasteiger partial charge on any atom is -0.618 e. The number of carbonyl (C=O) groups is 1. The van der Waals surface area contributed by atoms with Gasteiger partial charge in [0.15, 0.2) is 10.1 Å². The molecule has 0 aliphatic rings. The zero-order valence-corrected chi connectivity index (χ0v) is 11.9. The lowest BCUT2D eigenvalue weighted by molar-refractivity contribution is -0.614. The molecule has 7 heteroatoms. The second-order valence-electron chi connectivity index (χ2n) is 3.57. The average Bonchev–Trinajstić information content (AvgIpc) is 2.67. The van der Waals surface area contributed by atoms with Crippen LogP contribution in [0.25, 0.3) is 0 Å². The maximum absolute atomic E-state index is 11.9. The van der Waals surface area contributed by atoms with Gasteiger partial charge < -0.3 is 10.5 Å². The van der Waals surface area contributed by atoms with Crippen LogP contribution in [0.2, 0.25) is 0 Å². The number of aromatic nitrogens is 2. The van der Waals surface area contributed by atoms with E-state index in [-0.39, 0.29) is 12.5 Å². The monoisotopic (exact) mass is 327 g/mol. The first kappa shape index (κ1) is 13.0. The molecule has 1 amide bonds. The summed E-state index contributed by atoms with van der Waals surface area (Å²) in [6.07, 6.45) is 1.40. The molecule has 18 heavy (non-hydrogen) atoms. The van der Waals surface area contributed by atoms with Crippen LogP contribution < -0.4 is 10.0 Å². The topological polar surface area (TPSA) is 68.9 Å². The quantitative estimate of drug-likeness (QED) is 0.690. The number of hydrogen-bond donors (Lipinski definition) is 1. The molecule has 2 aromatic heterocycles. The first-order chi connectivity index (χ1) is 8.58. The van der Waals surface area contributed by atoms with Crippen LogP contribution in [0.1, 0.15) is 21.1 Å². The first-order valence-corrected chi connectivity index (χ1v) is 6.77. The van der Waals surface area contributed by atoms with E-state index in [4.69, 9.17) is 0 Å². The fourth-order valence-electron chi connectivity index (χ4n) is 1.43. The molecule has 0 radical (unpaired) electrons. The van der Waals surface area contributed by atoms with Crippen LogP contribution >= 0.6 is 27.3 Å². The van der Waals surface area contributed by atoms with Crippen molar-refractivity contribution in [3.63, 3.8) is 0 Å². The van der Waals surface area contributed by atoms with Crippen molar-refractivity contribution in [3.8, 4) is 0 Å². The Morgan fingerprint density at radius 2 is 2.39 bits per heavy atom. The number of carbonyl (C=O) groups excluding carboxylic acids is 1. The van der Waals surface area contributed by atoms with E-state index in [1.165, 1.54) is 17.5 Å². The van der Waals surface area contributed by atoms with Gasteiger partial charge in [-0.2, -0.15) is 4.73 Å². The van der Waals surface area contributed by atoms with Gasteiger partial charge in [-0.05, 0) is 28.9 Å². The predicted octanol–water partition coefficient (Wildman–Crippen LogP) is 1.78. The van der Waals surface area contributed by atoms with Crippen LogP contribution in [-0.2, 0) is 6.54 Å². The van der Waals surface area contributed by atoms with Gasteiger partial charge in [0, 0.05) is 17.0 Å². The number of pyridine rings is 1. The number of aryl methyl sites for hydroxylation is 1. The second kappa shape index (κ2) is 5.45. The molecule has 0 aromatic carbocycles.